The Labute approximate surface area is 117 Å². The molecule has 0 saturated carbocycles. The summed E-state index contributed by atoms with van der Waals surface area (Å²) in [7, 11) is 1.55. The van der Waals surface area contributed by atoms with Gasteiger partial charge >= 0.3 is 0 Å². The number of aliphatic hydroxyl groups excluding tert-OH is 1. The number of amides is 1. The first-order chi connectivity index (χ1) is 9.74. The Kier molecular flexibility index (Phi) is 5.20. The fourth-order valence-electron chi connectivity index (χ4n) is 2.03. The summed E-state index contributed by atoms with van der Waals surface area (Å²) in [6.07, 6.45) is -0.307. The van der Waals surface area contributed by atoms with Crippen molar-refractivity contribution in [3.8, 4) is 11.5 Å². The van der Waals surface area contributed by atoms with Crippen LogP contribution in [0.5, 0.6) is 11.5 Å². The Morgan fingerprint density at radius 3 is 2.90 bits per heavy atom. The van der Waals surface area contributed by atoms with Crippen LogP contribution in [-0.4, -0.2) is 62.0 Å². The molecule has 1 unspecified atom stereocenters. The highest BCUT2D eigenvalue weighted by atomic mass is 16.5. The van der Waals surface area contributed by atoms with Gasteiger partial charge in [-0.25, -0.2) is 0 Å². The largest absolute Gasteiger partial charge is 0.493 e. The predicted molar refractivity (Wildman–Crippen MR) is 71.9 cm³/mol. The van der Waals surface area contributed by atoms with Gasteiger partial charge in [0.05, 0.1) is 26.4 Å². The van der Waals surface area contributed by atoms with E-state index in [0.717, 1.165) is 0 Å². The van der Waals surface area contributed by atoms with Gasteiger partial charge < -0.3 is 24.2 Å². The lowest BCUT2D eigenvalue weighted by atomic mass is 10.3. The van der Waals surface area contributed by atoms with Gasteiger partial charge in [-0.15, -0.1) is 0 Å². The molecular weight excluding hydrogens is 262 g/mol. The van der Waals surface area contributed by atoms with E-state index >= 15 is 0 Å². The number of aliphatic hydroxyl groups is 1. The summed E-state index contributed by atoms with van der Waals surface area (Å²) in [5, 5.41) is 9.06. The van der Waals surface area contributed by atoms with E-state index in [4.69, 9.17) is 19.3 Å². The number of hydrogen-bond donors (Lipinski definition) is 1. The van der Waals surface area contributed by atoms with Gasteiger partial charge in [0, 0.05) is 13.1 Å². The number of carbonyl (C=O) groups excluding carboxylic acids is 1. The third-order valence-corrected chi connectivity index (χ3v) is 3.12. The third kappa shape index (κ3) is 3.61. The van der Waals surface area contributed by atoms with Crippen molar-refractivity contribution in [3.05, 3.63) is 24.3 Å². The number of rotatable bonds is 5. The highest BCUT2D eigenvalue weighted by Crippen LogP contribution is 2.25. The van der Waals surface area contributed by atoms with Crippen LogP contribution in [0.25, 0.3) is 0 Å². The summed E-state index contributed by atoms with van der Waals surface area (Å²) in [6, 6.07) is 7.18. The first-order valence-electron chi connectivity index (χ1n) is 6.50. The van der Waals surface area contributed by atoms with Crippen LogP contribution in [0.2, 0.25) is 0 Å². The summed E-state index contributed by atoms with van der Waals surface area (Å²) in [5.74, 6) is 1.00. The van der Waals surface area contributed by atoms with E-state index in [0.29, 0.717) is 31.2 Å². The molecule has 0 aromatic heterocycles. The van der Waals surface area contributed by atoms with Crippen molar-refractivity contribution >= 4 is 5.91 Å². The second kappa shape index (κ2) is 7.12. The average molecular weight is 281 g/mol. The minimum Gasteiger partial charge on any atom is -0.493 e. The molecule has 0 spiro atoms. The van der Waals surface area contributed by atoms with Gasteiger partial charge in [0.15, 0.2) is 18.1 Å². The van der Waals surface area contributed by atoms with E-state index in [1.807, 2.05) is 12.1 Å². The Balaban J connectivity index is 1.88. The van der Waals surface area contributed by atoms with Gasteiger partial charge in [-0.1, -0.05) is 12.1 Å². The molecular formula is C14H19NO5. The molecule has 2 rings (SSSR count). The summed E-state index contributed by atoms with van der Waals surface area (Å²) in [6.45, 7) is 1.20. The molecule has 1 aromatic rings. The number of methoxy groups -OCH3 is 1. The zero-order valence-electron chi connectivity index (χ0n) is 11.4. The first-order valence-corrected chi connectivity index (χ1v) is 6.50. The molecule has 0 aliphatic carbocycles. The topological polar surface area (TPSA) is 68.2 Å². The SMILES string of the molecule is COc1ccccc1OCC(=O)N1CCOC(CO)C1. The fraction of sp³-hybridized carbons (Fsp3) is 0.500. The summed E-state index contributed by atoms with van der Waals surface area (Å²) in [5.41, 5.74) is 0. The predicted octanol–water partition coefficient (Wildman–Crippen LogP) is 0.294. The van der Waals surface area contributed by atoms with Gasteiger partial charge in [-0.05, 0) is 12.1 Å². The highest BCUT2D eigenvalue weighted by Gasteiger charge is 2.24. The molecule has 6 heteroatoms. The maximum Gasteiger partial charge on any atom is 0.260 e. The molecule has 0 radical (unpaired) electrons. The molecule has 1 fully saturated rings. The summed E-state index contributed by atoms with van der Waals surface area (Å²) >= 11 is 0. The van der Waals surface area contributed by atoms with Crippen molar-refractivity contribution in [2.45, 2.75) is 6.10 Å². The quantitative estimate of drug-likeness (QED) is 0.840. The molecule has 0 bridgehead atoms. The average Bonchev–Trinajstić information content (AvgIpc) is 2.52. The lowest BCUT2D eigenvalue weighted by molar-refractivity contribution is -0.142. The van der Waals surface area contributed by atoms with Crippen LogP contribution < -0.4 is 9.47 Å². The minimum absolute atomic E-state index is 0.0570. The number of nitrogens with zero attached hydrogens (tertiary/aromatic N) is 1. The van der Waals surface area contributed by atoms with E-state index < -0.39 is 0 Å². The van der Waals surface area contributed by atoms with Crippen molar-refractivity contribution in [1.29, 1.82) is 0 Å². The van der Waals surface area contributed by atoms with Crippen molar-refractivity contribution in [2.24, 2.45) is 0 Å². The maximum absolute atomic E-state index is 12.1. The van der Waals surface area contributed by atoms with Gasteiger partial charge in [-0.3, -0.25) is 4.79 Å². The molecule has 1 amide bonds. The Morgan fingerprint density at radius 1 is 1.45 bits per heavy atom. The van der Waals surface area contributed by atoms with E-state index in [1.54, 1.807) is 24.1 Å². The molecule has 1 heterocycles. The molecule has 20 heavy (non-hydrogen) atoms. The van der Waals surface area contributed by atoms with Crippen molar-refractivity contribution in [3.63, 3.8) is 0 Å². The Bertz CT molecular complexity index is 451. The van der Waals surface area contributed by atoms with Gasteiger partial charge in [0.2, 0.25) is 0 Å². The molecule has 1 aromatic carbocycles. The number of para-hydroxylation sites is 2. The first kappa shape index (κ1) is 14.6. The number of benzene rings is 1. The fourth-order valence-corrected chi connectivity index (χ4v) is 2.03. The van der Waals surface area contributed by atoms with Crippen LogP contribution >= 0.6 is 0 Å². The van der Waals surface area contributed by atoms with Crippen LogP contribution in [-0.2, 0) is 9.53 Å². The van der Waals surface area contributed by atoms with Crippen LogP contribution in [0, 0.1) is 0 Å². The Morgan fingerprint density at radius 2 is 2.20 bits per heavy atom. The van der Waals surface area contributed by atoms with Crippen molar-refractivity contribution in [2.75, 3.05) is 40.0 Å². The van der Waals surface area contributed by atoms with E-state index in [1.165, 1.54) is 0 Å². The van der Waals surface area contributed by atoms with Gasteiger partial charge in [0.1, 0.15) is 0 Å². The normalized spacial score (nSPS) is 18.7. The lowest BCUT2D eigenvalue weighted by Crippen LogP contribution is -2.48. The molecule has 1 aliphatic heterocycles. The molecule has 110 valence electrons. The third-order valence-electron chi connectivity index (χ3n) is 3.12. The van der Waals surface area contributed by atoms with Crippen LogP contribution in [0.15, 0.2) is 24.3 Å². The molecule has 1 N–H and O–H groups in total. The minimum atomic E-state index is -0.307. The second-order valence-electron chi connectivity index (χ2n) is 4.45. The second-order valence-corrected chi connectivity index (χ2v) is 4.45. The zero-order chi connectivity index (χ0) is 14.4. The van der Waals surface area contributed by atoms with E-state index in [-0.39, 0.29) is 25.2 Å². The summed E-state index contributed by atoms with van der Waals surface area (Å²) < 4.78 is 15.9. The summed E-state index contributed by atoms with van der Waals surface area (Å²) in [4.78, 5) is 13.7. The number of carbonyl (C=O) groups is 1. The molecule has 1 saturated heterocycles. The van der Waals surface area contributed by atoms with Gasteiger partial charge in [0.25, 0.3) is 5.91 Å². The van der Waals surface area contributed by atoms with Crippen molar-refractivity contribution in [1.82, 2.24) is 4.90 Å². The monoisotopic (exact) mass is 281 g/mol. The smallest absolute Gasteiger partial charge is 0.260 e. The molecule has 1 aliphatic rings. The zero-order valence-corrected chi connectivity index (χ0v) is 11.4. The Hall–Kier alpha value is -1.79. The van der Waals surface area contributed by atoms with Crippen LogP contribution in [0.1, 0.15) is 0 Å². The van der Waals surface area contributed by atoms with Gasteiger partial charge in [-0.2, -0.15) is 0 Å². The van der Waals surface area contributed by atoms with Crippen LogP contribution in [0.3, 0.4) is 0 Å². The standard InChI is InChI=1S/C14H19NO5/c1-18-12-4-2-3-5-13(12)20-10-14(17)15-6-7-19-11(8-15)9-16/h2-5,11,16H,6-10H2,1H3. The highest BCUT2D eigenvalue weighted by molar-refractivity contribution is 5.78. The molecule has 1 atom stereocenters. The van der Waals surface area contributed by atoms with Crippen LogP contribution in [0.4, 0.5) is 0 Å². The number of ether oxygens (including phenoxy) is 3. The van der Waals surface area contributed by atoms with Crippen molar-refractivity contribution < 1.29 is 24.1 Å². The number of morpholine rings is 1. The maximum atomic E-state index is 12.1. The lowest BCUT2D eigenvalue weighted by Gasteiger charge is -2.32. The van der Waals surface area contributed by atoms with E-state index in [9.17, 15) is 4.79 Å². The molecule has 6 nitrogen and oxygen atoms in total. The number of hydrogen-bond acceptors (Lipinski definition) is 5. The van der Waals surface area contributed by atoms with E-state index in [2.05, 4.69) is 0 Å².